The standard InChI is InChI=1S/C16H27N3S/c1-12-10-19(11-13(2)20-12)15-6-7-17-8-14(15)9-18-16(3,4)5/h6-8,12-13,18H,9-11H2,1-5H3. The second kappa shape index (κ2) is 6.35. The number of hydrogen-bond donors (Lipinski definition) is 1. The van der Waals surface area contributed by atoms with Crippen LogP contribution in [0.3, 0.4) is 0 Å². The highest BCUT2D eigenvalue weighted by molar-refractivity contribution is 8.00. The summed E-state index contributed by atoms with van der Waals surface area (Å²) < 4.78 is 0. The number of aromatic nitrogens is 1. The van der Waals surface area contributed by atoms with Gasteiger partial charge in [-0.1, -0.05) is 13.8 Å². The summed E-state index contributed by atoms with van der Waals surface area (Å²) in [4.78, 5) is 6.83. The predicted molar refractivity (Wildman–Crippen MR) is 89.6 cm³/mol. The Kier molecular flexibility index (Phi) is 4.97. The average Bonchev–Trinajstić information content (AvgIpc) is 2.34. The number of thioether (sulfide) groups is 1. The van der Waals surface area contributed by atoms with Crippen LogP contribution in [0.5, 0.6) is 0 Å². The van der Waals surface area contributed by atoms with Crippen LogP contribution in [-0.2, 0) is 6.54 Å². The molecule has 2 unspecified atom stereocenters. The smallest absolute Gasteiger partial charge is 0.0443 e. The van der Waals surface area contributed by atoms with Crippen LogP contribution in [0.25, 0.3) is 0 Å². The van der Waals surface area contributed by atoms with Crippen LogP contribution in [0.2, 0.25) is 0 Å². The van der Waals surface area contributed by atoms with Gasteiger partial charge in [0.2, 0.25) is 0 Å². The van der Waals surface area contributed by atoms with E-state index in [0.717, 1.165) is 19.6 Å². The summed E-state index contributed by atoms with van der Waals surface area (Å²) in [6, 6.07) is 2.16. The number of nitrogens with zero attached hydrogens (tertiary/aromatic N) is 2. The Balaban J connectivity index is 2.14. The fraction of sp³-hybridized carbons (Fsp3) is 0.688. The number of hydrogen-bond acceptors (Lipinski definition) is 4. The highest BCUT2D eigenvalue weighted by Crippen LogP contribution is 2.30. The van der Waals surface area contributed by atoms with E-state index in [1.165, 1.54) is 11.3 Å². The third-order valence-electron chi connectivity index (χ3n) is 3.45. The summed E-state index contributed by atoms with van der Waals surface area (Å²) >= 11 is 2.09. The lowest BCUT2D eigenvalue weighted by molar-refractivity contribution is 0.424. The fourth-order valence-corrected chi connectivity index (χ4v) is 3.92. The van der Waals surface area contributed by atoms with Crippen molar-refractivity contribution in [2.24, 2.45) is 0 Å². The number of rotatable bonds is 3. The molecule has 20 heavy (non-hydrogen) atoms. The van der Waals surface area contributed by atoms with Gasteiger partial charge in [0.1, 0.15) is 0 Å². The molecule has 2 atom stereocenters. The Labute approximate surface area is 127 Å². The summed E-state index contributed by atoms with van der Waals surface area (Å²) in [5.41, 5.74) is 2.77. The number of pyridine rings is 1. The lowest BCUT2D eigenvalue weighted by Crippen LogP contribution is -2.41. The first-order valence-corrected chi connectivity index (χ1v) is 8.38. The minimum Gasteiger partial charge on any atom is -0.369 e. The first-order chi connectivity index (χ1) is 9.35. The van der Waals surface area contributed by atoms with E-state index in [1.807, 2.05) is 12.4 Å². The second-order valence-corrected chi connectivity index (χ2v) is 8.65. The minimum atomic E-state index is 0.130. The molecule has 3 nitrogen and oxygen atoms in total. The molecular weight excluding hydrogens is 266 g/mol. The van der Waals surface area contributed by atoms with Gasteiger partial charge in [0, 0.05) is 59.3 Å². The summed E-state index contributed by atoms with van der Waals surface area (Å²) in [5, 5.41) is 4.95. The van der Waals surface area contributed by atoms with Crippen molar-refractivity contribution >= 4 is 17.4 Å². The quantitative estimate of drug-likeness (QED) is 0.925. The number of nitrogens with one attached hydrogen (secondary N) is 1. The maximum absolute atomic E-state index is 4.31. The van der Waals surface area contributed by atoms with Crippen LogP contribution < -0.4 is 10.2 Å². The molecule has 1 fully saturated rings. The van der Waals surface area contributed by atoms with E-state index in [2.05, 4.69) is 67.6 Å². The molecule has 1 aliphatic rings. The van der Waals surface area contributed by atoms with Gasteiger partial charge in [-0.3, -0.25) is 4.98 Å². The first kappa shape index (κ1) is 15.6. The maximum atomic E-state index is 4.31. The van der Waals surface area contributed by atoms with Crippen LogP contribution >= 0.6 is 11.8 Å². The van der Waals surface area contributed by atoms with E-state index >= 15 is 0 Å². The molecule has 1 N–H and O–H groups in total. The van der Waals surface area contributed by atoms with Gasteiger partial charge in [0.25, 0.3) is 0 Å². The average molecular weight is 293 g/mol. The van der Waals surface area contributed by atoms with Gasteiger partial charge in [0.05, 0.1) is 0 Å². The molecule has 2 rings (SSSR count). The van der Waals surface area contributed by atoms with Gasteiger partial charge in [-0.05, 0) is 26.8 Å². The van der Waals surface area contributed by atoms with Gasteiger partial charge in [-0.2, -0.15) is 11.8 Å². The molecule has 0 aromatic carbocycles. The topological polar surface area (TPSA) is 28.2 Å². The van der Waals surface area contributed by atoms with Gasteiger partial charge in [-0.15, -0.1) is 0 Å². The van der Waals surface area contributed by atoms with Crippen molar-refractivity contribution < 1.29 is 0 Å². The van der Waals surface area contributed by atoms with Crippen LogP contribution in [0, 0.1) is 0 Å². The highest BCUT2D eigenvalue weighted by atomic mass is 32.2. The highest BCUT2D eigenvalue weighted by Gasteiger charge is 2.24. The van der Waals surface area contributed by atoms with Crippen LogP contribution in [-0.4, -0.2) is 34.1 Å². The molecule has 4 heteroatoms. The molecule has 2 heterocycles. The van der Waals surface area contributed by atoms with E-state index < -0.39 is 0 Å². The molecule has 1 aromatic heterocycles. The molecule has 0 aliphatic carbocycles. The van der Waals surface area contributed by atoms with E-state index in [0.29, 0.717) is 10.5 Å². The Bertz CT molecular complexity index is 432. The van der Waals surface area contributed by atoms with Gasteiger partial charge < -0.3 is 10.2 Å². The largest absolute Gasteiger partial charge is 0.369 e. The Hall–Kier alpha value is -0.740. The van der Waals surface area contributed by atoms with Gasteiger partial charge >= 0.3 is 0 Å². The van der Waals surface area contributed by atoms with Crippen LogP contribution in [0.15, 0.2) is 18.5 Å². The molecule has 1 aromatic rings. The van der Waals surface area contributed by atoms with E-state index in [4.69, 9.17) is 0 Å². The minimum absolute atomic E-state index is 0.130. The van der Waals surface area contributed by atoms with Crippen molar-refractivity contribution in [3.63, 3.8) is 0 Å². The summed E-state index contributed by atoms with van der Waals surface area (Å²) in [6.45, 7) is 14.4. The van der Waals surface area contributed by atoms with Crippen molar-refractivity contribution in [2.75, 3.05) is 18.0 Å². The molecule has 0 saturated carbocycles. The van der Waals surface area contributed by atoms with Crippen molar-refractivity contribution in [1.29, 1.82) is 0 Å². The third kappa shape index (κ3) is 4.38. The van der Waals surface area contributed by atoms with Crippen molar-refractivity contribution in [2.45, 2.75) is 57.2 Å². The normalized spacial score (nSPS) is 23.9. The maximum Gasteiger partial charge on any atom is 0.0443 e. The molecule has 0 spiro atoms. The molecule has 1 saturated heterocycles. The summed E-state index contributed by atoms with van der Waals surface area (Å²) in [6.07, 6.45) is 3.91. The van der Waals surface area contributed by atoms with Gasteiger partial charge in [0.15, 0.2) is 0 Å². The SMILES string of the molecule is CC1CN(c2ccncc2CNC(C)(C)C)CC(C)S1. The van der Waals surface area contributed by atoms with E-state index in [-0.39, 0.29) is 5.54 Å². The Morgan fingerprint density at radius 1 is 1.30 bits per heavy atom. The first-order valence-electron chi connectivity index (χ1n) is 7.43. The Morgan fingerprint density at radius 2 is 1.95 bits per heavy atom. The third-order valence-corrected chi connectivity index (χ3v) is 4.67. The van der Waals surface area contributed by atoms with Crippen LogP contribution in [0.4, 0.5) is 5.69 Å². The zero-order chi connectivity index (χ0) is 14.8. The molecular formula is C16H27N3S. The molecule has 0 radical (unpaired) electrons. The van der Waals surface area contributed by atoms with Crippen molar-refractivity contribution in [1.82, 2.24) is 10.3 Å². The Morgan fingerprint density at radius 3 is 2.55 bits per heavy atom. The lowest BCUT2D eigenvalue weighted by atomic mass is 10.1. The number of anilines is 1. The van der Waals surface area contributed by atoms with Crippen molar-refractivity contribution in [3.05, 3.63) is 24.0 Å². The van der Waals surface area contributed by atoms with E-state index in [9.17, 15) is 0 Å². The monoisotopic (exact) mass is 293 g/mol. The van der Waals surface area contributed by atoms with Crippen LogP contribution in [0.1, 0.15) is 40.2 Å². The molecule has 1 aliphatic heterocycles. The van der Waals surface area contributed by atoms with E-state index in [1.54, 1.807) is 0 Å². The van der Waals surface area contributed by atoms with Crippen molar-refractivity contribution in [3.8, 4) is 0 Å². The predicted octanol–water partition coefficient (Wildman–Crippen LogP) is 3.30. The molecule has 0 amide bonds. The fourth-order valence-electron chi connectivity index (χ4n) is 2.60. The molecule has 112 valence electrons. The second-order valence-electron chi connectivity index (χ2n) is 6.77. The zero-order valence-electron chi connectivity index (χ0n) is 13.3. The zero-order valence-corrected chi connectivity index (χ0v) is 14.1. The lowest BCUT2D eigenvalue weighted by Gasteiger charge is -2.37. The summed E-state index contributed by atoms with van der Waals surface area (Å²) in [5.74, 6) is 0. The molecule has 0 bridgehead atoms. The summed E-state index contributed by atoms with van der Waals surface area (Å²) in [7, 11) is 0. The van der Waals surface area contributed by atoms with Gasteiger partial charge in [-0.25, -0.2) is 0 Å².